The summed E-state index contributed by atoms with van der Waals surface area (Å²) in [4.78, 5) is 22.7. The summed E-state index contributed by atoms with van der Waals surface area (Å²) < 4.78 is 30.6. The van der Waals surface area contributed by atoms with Crippen LogP contribution in [-0.2, 0) is 14.6 Å². The highest BCUT2D eigenvalue weighted by atomic mass is 32.2. The molecule has 1 N–H and O–H groups in total. The lowest BCUT2D eigenvalue weighted by Crippen LogP contribution is -2.39. The van der Waals surface area contributed by atoms with Crippen LogP contribution in [0.3, 0.4) is 0 Å². The number of sulfone groups is 1. The molecule has 0 aliphatic carbocycles. The number of likely N-dealkylation sites (tertiary alicyclic amines) is 1. The fourth-order valence-corrected chi connectivity index (χ4v) is 4.56. The van der Waals surface area contributed by atoms with E-state index in [1.54, 1.807) is 24.1 Å². The first-order chi connectivity index (χ1) is 15.6. The lowest BCUT2D eigenvalue weighted by Gasteiger charge is -2.31. The highest BCUT2D eigenvalue weighted by Crippen LogP contribution is 2.31. The zero-order valence-electron chi connectivity index (χ0n) is 19.1. The Morgan fingerprint density at radius 2 is 1.91 bits per heavy atom. The van der Waals surface area contributed by atoms with E-state index in [1.807, 2.05) is 30.6 Å². The van der Waals surface area contributed by atoms with Crippen LogP contribution >= 0.6 is 0 Å². The van der Waals surface area contributed by atoms with Gasteiger partial charge in [-0.25, -0.2) is 27.7 Å². The zero-order valence-corrected chi connectivity index (χ0v) is 20.0. The molecule has 4 rings (SSSR count). The Labute approximate surface area is 192 Å². The predicted molar refractivity (Wildman–Crippen MR) is 124 cm³/mol. The number of fused-ring (bicyclic) bond motifs is 1. The van der Waals surface area contributed by atoms with Gasteiger partial charge in [0.25, 0.3) is 0 Å². The first kappa shape index (κ1) is 23.0. The van der Waals surface area contributed by atoms with Crippen LogP contribution in [0.15, 0.2) is 35.6 Å². The van der Waals surface area contributed by atoms with E-state index in [9.17, 15) is 13.2 Å². The number of nitrogens with zero attached hydrogens (tertiary/aromatic N) is 5. The maximum absolute atomic E-state index is 12.2. The highest BCUT2D eigenvalue weighted by molar-refractivity contribution is 7.90. The Hall–Kier alpha value is -3.21. The lowest BCUT2D eigenvalue weighted by atomic mass is 9.94. The van der Waals surface area contributed by atoms with Gasteiger partial charge in [0.1, 0.15) is 0 Å². The Balaban J connectivity index is 1.53. The second-order valence-corrected chi connectivity index (χ2v) is 10.5. The average molecular weight is 473 g/mol. The van der Waals surface area contributed by atoms with Crippen molar-refractivity contribution in [2.75, 3.05) is 24.7 Å². The number of hydrogen-bond donors (Lipinski definition) is 1. The van der Waals surface area contributed by atoms with Gasteiger partial charge in [-0.1, -0.05) is 0 Å². The molecule has 0 aromatic carbocycles. The number of amides is 1. The molecule has 10 nitrogen and oxygen atoms in total. The zero-order chi connectivity index (χ0) is 23.8. The van der Waals surface area contributed by atoms with Crippen molar-refractivity contribution in [2.24, 2.45) is 0 Å². The maximum Gasteiger partial charge on any atom is 0.410 e. The SMILES string of the molecule is Cc1nc(S(C)(=O)=O)ccc1Nc1ccnn2c(C3CCN(C(=O)OC(C)C)CC3)cnc12. The van der Waals surface area contributed by atoms with Crippen molar-refractivity contribution in [3.8, 4) is 0 Å². The molecule has 33 heavy (non-hydrogen) atoms. The summed E-state index contributed by atoms with van der Waals surface area (Å²) >= 11 is 0. The number of piperidine rings is 1. The highest BCUT2D eigenvalue weighted by Gasteiger charge is 2.27. The third-order valence-electron chi connectivity index (χ3n) is 5.65. The van der Waals surface area contributed by atoms with Gasteiger partial charge in [0.2, 0.25) is 0 Å². The van der Waals surface area contributed by atoms with Crippen molar-refractivity contribution in [2.45, 2.75) is 50.7 Å². The second kappa shape index (κ2) is 8.97. The van der Waals surface area contributed by atoms with E-state index in [2.05, 4.69) is 20.4 Å². The molecule has 1 aliphatic heterocycles. The van der Waals surface area contributed by atoms with Crippen molar-refractivity contribution in [3.63, 3.8) is 0 Å². The molecule has 0 radical (unpaired) electrons. The number of aryl methyl sites for hydroxylation is 1. The molecule has 176 valence electrons. The van der Waals surface area contributed by atoms with Crippen LogP contribution in [0.2, 0.25) is 0 Å². The molecule has 3 aromatic rings. The first-order valence-electron chi connectivity index (χ1n) is 10.9. The van der Waals surface area contributed by atoms with Crippen molar-refractivity contribution in [1.29, 1.82) is 0 Å². The van der Waals surface area contributed by atoms with Gasteiger partial charge < -0.3 is 15.0 Å². The maximum atomic E-state index is 12.2. The normalized spacial score (nSPS) is 15.2. The Morgan fingerprint density at radius 3 is 2.55 bits per heavy atom. The van der Waals surface area contributed by atoms with E-state index in [0.717, 1.165) is 30.5 Å². The van der Waals surface area contributed by atoms with Crippen molar-refractivity contribution < 1.29 is 17.9 Å². The molecule has 1 aliphatic rings. The van der Waals surface area contributed by atoms with Crippen molar-refractivity contribution in [1.82, 2.24) is 24.5 Å². The van der Waals surface area contributed by atoms with E-state index in [1.165, 1.54) is 6.07 Å². The number of hydrogen-bond acceptors (Lipinski definition) is 8. The number of imidazole rings is 1. The summed E-state index contributed by atoms with van der Waals surface area (Å²) in [7, 11) is -3.37. The predicted octanol–water partition coefficient (Wildman–Crippen LogP) is 3.30. The second-order valence-electron chi connectivity index (χ2n) is 8.54. The molecule has 11 heteroatoms. The third kappa shape index (κ3) is 4.92. The Bertz CT molecular complexity index is 1280. The minimum absolute atomic E-state index is 0.0390. The summed E-state index contributed by atoms with van der Waals surface area (Å²) in [6.45, 7) is 6.69. The smallest absolute Gasteiger partial charge is 0.410 e. The molecule has 1 fully saturated rings. The molecule has 0 atom stereocenters. The number of carbonyl (C=O) groups is 1. The fourth-order valence-electron chi connectivity index (χ4n) is 3.94. The van der Waals surface area contributed by atoms with E-state index >= 15 is 0 Å². The van der Waals surface area contributed by atoms with Crippen LogP contribution in [0.25, 0.3) is 5.65 Å². The number of nitrogens with one attached hydrogen (secondary N) is 1. The van der Waals surface area contributed by atoms with Crippen LogP contribution in [0, 0.1) is 6.92 Å². The standard InChI is InChI=1S/C22H28N6O4S/c1-14(2)32-22(29)27-11-8-16(9-12-27)19-13-23-21-18(7-10-24-28(19)21)26-17-5-6-20(25-15(17)3)33(4,30)31/h5-7,10,13-14,16,26H,8-9,11-12H2,1-4H3. The molecule has 1 saturated heterocycles. The van der Waals surface area contributed by atoms with Gasteiger partial charge in [-0.3, -0.25) is 0 Å². The summed E-state index contributed by atoms with van der Waals surface area (Å²) in [6.07, 6.45) is 5.87. The van der Waals surface area contributed by atoms with E-state index in [4.69, 9.17) is 4.74 Å². The molecule has 3 aromatic heterocycles. The van der Waals surface area contributed by atoms with Gasteiger partial charge in [-0.15, -0.1) is 0 Å². The molecule has 0 spiro atoms. The number of pyridine rings is 1. The molecule has 1 amide bonds. The van der Waals surface area contributed by atoms with Gasteiger partial charge in [0.15, 0.2) is 20.5 Å². The van der Waals surface area contributed by atoms with Gasteiger partial charge >= 0.3 is 6.09 Å². The molecule has 0 bridgehead atoms. The van der Waals surface area contributed by atoms with Crippen LogP contribution < -0.4 is 5.32 Å². The van der Waals surface area contributed by atoms with E-state index < -0.39 is 9.84 Å². The number of aromatic nitrogens is 4. The quantitative estimate of drug-likeness (QED) is 0.601. The topological polar surface area (TPSA) is 119 Å². The lowest BCUT2D eigenvalue weighted by molar-refractivity contribution is 0.0690. The Kier molecular flexibility index (Phi) is 6.24. The van der Waals surface area contributed by atoms with Crippen molar-refractivity contribution >= 4 is 33.0 Å². The van der Waals surface area contributed by atoms with Gasteiger partial charge in [0.05, 0.1) is 41.3 Å². The molecule has 4 heterocycles. The largest absolute Gasteiger partial charge is 0.447 e. The van der Waals surface area contributed by atoms with Gasteiger partial charge in [-0.2, -0.15) is 5.10 Å². The number of ether oxygens (including phenoxy) is 1. The average Bonchev–Trinajstić information content (AvgIpc) is 3.19. The molecule has 0 saturated carbocycles. The summed E-state index contributed by atoms with van der Waals surface area (Å²) in [5.74, 6) is 0.225. The van der Waals surface area contributed by atoms with Gasteiger partial charge in [0, 0.05) is 25.3 Å². The van der Waals surface area contributed by atoms with Crippen LogP contribution in [0.4, 0.5) is 16.2 Å². The van der Waals surface area contributed by atoms with E-state index in [0.29, 0.717) is 30.1 Å². The first-order valence-corrected chi connectivity index (χ1v) is 12.8. The third-order valence-corrected chi connectivity index (χ3v) is 6.63. The van der Waals surface area contributed by atoms with Crippen LogP contribution in [0.1, 0.15) is 44.0 Å². The minimum Gasteiger partial charge on any atom is -0.447 e. The summed E-state index contributed by atoms with van der Waals surface area (Å²) in [6, 6.07) is 5.00. The summed E-state index contributed by atoms with van der Waals surface area (Å²) in [5, 5.41) is 7.83. The van der Waals surface area contributed by atoms with Crippen LogP contribution in [-0.4, -0.2) is 64.4 Å². The Morgan fingerprint density at radius 1 is 1.18 bits per heavy atom. The van der Waals surface area contributed by atoms with Crippen molar-refractivity contribution in [3.05, 3.63) is 42.0 Å². The monoisotopic (exact) mass is 472 g/mol. The molecule has 0 unspecified atom stereocenters. The number of rotatable bonds is 5. The fraction of sp³-hybridized carbons (Fsp3) is 0.455. The van der Waals surface area contributed by atoms with E-state index in [-0.39, 0.29) is 23.1 Å². The number of anilines is 2. The van der Waals surface area contributed by atoms with Crippen LogP contribution in [0.5, 0.6) is 0 Å². The van der Waals surface area contributed by atoms with Gasteiger partial charge in [-0.05, 0) is 51.8 Å². The molecular formula is C22H28N6O4S. The minimum atomic E-state index is -3.37. The summed E-state index contributed by atoms with van der Waals surface area (Å²) in [5.41, 5.74) is 3.66. The molecular weight excluding hydrogens is 444 g/mol. The number of carbonyl (C=O) groups excluding carboxylic acids is 1.